The number of benzene rings is 1. The number of fused-ring (bicyclic) bond motifs is 1. The van der Waals surface area contributed by atoms with E-state index in [1.54, 1.807) is 26.8 Å². The molecule has 24 heavy (non-hydrogen) atoms. The molecule has 2 heterocycles. The van der Waals surface area contributed by atoms with Crippen molar-refractivity contribution in [3.05, 3.63) is 34.4 Å². The number of alkyl halides is 3. The Morgan fingerprint density at radius 1 is 1.29 bits per heavy atom. The first-order valence-corrected chi connectivity index (χ1v) is 7.97. The van der Waals surface area contributed by atoms with Crippen molar-refractivity contribution in [1.29, 1.82) is 0 Å². The Labute approximate surface area is 138 Å². The van der Waals surface area contributed by atoms with Gasteiger partial charge in [-0.3, -0.25) is 9.69 Å². The molecule has 0 bridgehead atoms. The van der Waals surface area contributed by atoms with Crippen LogP contribution < -0.4 is 0 Å². The van der Waals surface area contributed by atoms with Crippen molar-refractivity contribution in [3.8, 4) is 0 Å². The Bertz CT molecular complexity index is 675. The standard InChI is InChI=1S/C17H21F3N2O2/c1-10(2)22-7-13-12(15(22)23)4-11(5-14(13)17(18,19)20)6-21-8-16(3,24)9-21/h4-5,10,24H,6-9H2,1-3H3. The minimum Gasteiger partial charge on any atom is -0.388 e. The topological polar surface area (TPSA) is 43.8 Å². The lowest BCUT2D eigenvalue weighted by atomic mass is 9.94. The van der Waals surface area contributed by atoms with Crippen molar-refractivity contribution < 1.29 is 23.1 Å². The number of hydrogen-bond donors (Lipinski definition) is 1. The summed E-state index contributed by atoms with van der Waals surface area (Å²) in [5.74, 6) is -0.344. The van der Waals surface area contributed by atoms with Crippen LogP contribution in [0.4, 0.5) is 13.2 Å². The highest BCUT2D eigenvalue weighted by atomic mass is 19.4. The number of likely N-dealkylation sites (tertiary alicyclic amines) is 1. The number of carbonyl (C=O) groups excluding carboxylic acids is 1. The fraction of sp³-hybridized carbons (Fsp3) is 0.588. The van der Waals surface area contributed by atoms with E-state index >= 15 is 0 Å². The van der Waals surface area contributed by atoms with E-state index in [4.69, 9.17) is 0 Å². The third-order valence-corrected chi connectivity index (χ3v) is 4.59. The Morgan fingerprint density at radius 3 is 2.42 bits per heavy atom. The van der Waals surface area contributed by atoms with E-state index in [0.29, 0.717) is 25.2 Å². The van der Waals surface area contributed by atoms with Crippen molar-refractivity contribution in [1.82, 2.24) is 9.80 Å². The molecule has 1 N–H and O–H groups in total. The second-order valence-electron chi connectivity index (χ2n) is 7.34. The predicted molar refractivity (Wildman–Crippen MR) is 82.4 cm³/mol. The van der Waals surface area contributed by atoms with Gasteiger partial charge in [0.25, 0.3) is 5.91 Å². The lowest BCUT2D eigenvalue weighted by Gasteiger charge is -2.44. The van der Waals surface area contributed by atoms with Crippen LogP contribution in [-0.2, 0) is 19.3 Å². The minimum absolute atomic E-state index is 0.000613. The van der Waals surface area contributed by atoms with Crippen LogP contribution >= 0.6 is 0 Å². The highest BCUT2D eigenvalue weighted by Gasteiger charge is 2.41. The third kappa shape index (κ3) is 3.02. The second kappa shape index (κ2) is 5.46. The van der Waals surface area contributed by atoms with Gasteiger partial charge in [0.2, 0.25) is 0 Å². The van der Waals surface area contributed by atoms with Crippen molar-refractivity contribution in [3.63, 3.8) is 0 Å². The largest absolute Gasteiger partial charge is 0.416 e. The van der Waals surface area contributed by atoms with Crippen LogP contribution in [0.3, 0.4) is 0 Å². The maximum atomic E-state index is 13.5. The molecule has 2 aliphatic heterocycles. The first kappa shape index (κ1) is 17.2. The van der Waals surface area contributed by atoms with Gasteiger partial charge in [0.05, 0.1) is 11.2 Å². The Kier molecular flexibility index (Phi) is 3.92. The van der Waals surface area contributed by atoms with Crippen molar-refractivity contribution in [2.24, 2.45) is 0 Å². The number of amides is 1. The highest BCUT2D eigenvalue weighted by molar-refractivity contribution is 5.99. The molecule has 0 atom stereocenters. The van der Waals surface area contributed by atoms with Crippen molar-refractivity contribution >= 4 is 5.91 Å². The van der Waals surface area contributed by atoms with Gasteiger partial charge in [-0.05, 0) is 44.0 Å². The number of carbonyl (C=O) groups is 1. The van der Waals surface area contributed by atoms with Crippen molar-refractivity contribution in [2.75, 3.05) is 13.1 Å². The lowest BCUT2D eigenvalue weighted by Crippen LogP contribution is -2.59. The fourth-order valence-corrected chi connectivity index (χ4v) is 3.54. The molecule has 0 unspecified atom stereocenters. The molecule has 132 valence electrons. The summed E-state index contributed by atoms with van der Waals surface area (Å²) in [6, 6.07) is 2.56. The monoisotopic (exact) mass is 342 g/mol. The predicted octanol–water partition coefficient (Wildman–Crippen LogP) is 2.64. The smallest absolute Gasteiger partial charge is 0.388 e. The van der Waals surface area contributed by atoms with Gasteiger partial charge in [-0.2, -0.15) is 13.2 Å². The maximum absolute atomic E-state index is 13.5. The zero-order chi connectivity index (χ0) is 17.9. The van der Waals surface area contributed by atoms with E-state index in [2.05, 4.69) is 0 Å². The maximum Gasteiger partial charge on any atom is 0.416 e. The lowest BCUT2D eigenvalue weighted by molar-refractivity contribution is -0.138. The van der Waals surface area contributed by atoms with Crippen LogP contribution in [-0.4, -0.2) is 45.5 Å². The molecular formula is C17H21F3N2O2. The zero-order valence-electron chi connectivity index (χ0n) is 13.9. The summed E-state index contributed by atoms with van der Waals surface area (Å²) in [6.07, 6.45) is -4.49. The summed E-state index contributed by atoms with van der Waals surface area (Å²) < 4.78 is 40.4. The zero-order valence-corrected chi connectivity index (χ0v) is 13.9. The van der Waals surface area contributed by atoms with Gasteiger partial charge >= 0.3 is 6.18 Å². The molecule has 4 nitrogen and oxygen atoms in total. The molecule has 1 fully saturated rings. The van der Waals surface area contributed by atoms with Crippen LogP contribution in [0.5, 0.6) is 0 Å². The van der Waals surface area contributed by atoms with E-state index in [-0.39, 0.29) is 29.6 Å². The summed E-state index contributed by atoms with van der Waals surface area (Å²) in [7, 11) is 0. The van der Waals surface area contributed by atoms with Gasteiger partial charge < -0.3 is 10.0 Å². The van der Waals surface area contributed by atoms with E-state index in [1.807, 2.05) is 4.90 Å². The quantitative estimate of drug-likeness (QED) is 0.918. The normalized spacial score (nSPS) is 20.5. The molecule has 1 aromatic rings. The molecule has 0 saturated carbocycles. The van der Waals surface area contributed by atoms with Gasteiger partial charge in [-0.25, -0.2) is 0 Å². The second-order valence-corrected chi connectivity index (χ2v) is 7.34. The number of rotatable bonds is 3. The van der Waals surface area contributed by atoms with Gasteiger partial charge in [0, 0.05) is 37.8 Å². The molecule has 7 heteroatoms. The van der Waals surface area contributed by atoms with Crippen LogP contribution in [0.25, 0.3) is 0 Å². The van der Waals surface area contributed by atoms with E-state index in [9.17, 15) is 23.1 Å². The number of halogens is 3. The molecule has 1 saturated heterocycles. The number of aliphatic hydroxyl groups is 1. The number of β-amino-alcohol motifs (C(OH)–C–C–N with tert-alkyl or cyclic N) is 1. The SMILES string of the molecule is CC(C)N1Cc2c(cc(CN3CC(C)(O)C3)cc2C(F)(F)F)C1=O. The Hall–Kier alpha value is -1.60. The summed E-state index contributed by atoms with van der Waals surface area (Å²) in [5.41, 5.74) is -0.830. The summed E-state index contributed by atoms with van der Waals surface area (Å²) >= 11 is 0. The fourth-order valence-electron chi connectivity index (χ4n) is 3.54. The Balaban J connectivity index is 1.95. The van der Waals surface area contributed by atoms with Crippen LogP contribution in [0, 0.1) is 0 Å². The molecule has 1 aromatic carbocycles. The molecule has 2 aliphatic rings. The van der Waals surface area contributed by atoms with Crippen LogP contribution in [0.1, 0.15) is 47.8 Å². The molecule has 3 rings (SSSR count). The van der Waals surface area contributed by atoms with Gasteiger partial charge in [-0.15, -0.1) is 0 Å². The van der Waals surface area contributed by atoms with Gasteiger partial charge in [-0.1, -0.05) is 0 Å². The number of nitrogens with zero attached hydrogens (tertiary/aromatic N) is 2. The van der Waals surface area contributed by atoms with E-state index < -0.39 is 17.3 Å². The third-order valence-electron chi connectivity index (χ3n) is 4.59. The first-order valence-electron chi connectivity index (χ1n) is 7.97. The molecule has 1 amide bonds. The molecular weight excluding hydrogens is 321 g/mol. The summed E-state index contributed by atoms with van der Waals surface area (Å²) in [5, 5.41) is 9.76. The average Bonchev–Trinajstić information content (AvgIpc) is 2.72. The van der Waals surface area contributed by atoms with Crippen LogP contribution in [0.2, 0.25) is 0 Å². The average molecular weight is 342 g/mol. The molecule has 0 aliphatic carbocycles. The van der Waals surface area contributed by atoms with Crippen molar-refractivity contribution in [2.45, 2.75) is 51.7 Å². The molecule has 0 radical (unpaired) electrons. The van der Waals surface area contributed by atoms with Crippen LogP contribution in [0.15, 0.2) is 12.1 Å². The van der Waals surface area contributed by atoms with Gasteiger partial charge in [0.15, 0.2) is 0 Å². The molecule has 0 spiro atoms. The Morgan fingerprint density at radius 2 is 1.92 bits per heavy atom. The first-order chi connectivity index (χ1) is 11.0. The summed E-state index contributed by atoms with van der Waals surface area (Å²) in [4.78, 5) is 15.8. The molecule has 0 aromatic heterocycles. The number of hydrogen-bond acceptors (Lipinski definition) is 3. The minimum atomic E-state index is -4.49. The summed E-state index contributed by atoms with van der Waals surface area (Å²) in [6.45, 7) is 6.40. The highest BCUT2D eigenvalue weighted by Crippen LogP contribution is 2.39. The van der Waals surface area contributed by atoms with Gasteiger partial charge in [0.1, 0.15) is 0 Å². The van der Waals surface area contributed by atoms with E-state index in [1.165, 1.54) is 4.90 Å². The van der Waals surface area contributed by atoms with E-state index in [0.717, 1.165) is 6.07 Å².